The van der Waals surface area contributed by atoms with Gasteiger partial charge in [-0.3, -0.25) is 4.79 Å². The Kier molecular flexibility index (Phi) is 4.27. The van der Waals surface area contributed by atoms with E-state index in [4.69, 9.17) is 5.84 Å². The first kappa shape index (κ1) is 14.0. The molecule has 1 aromatic heterocycles. The molecule has 6 heteroatoms. The van der Waals surface area contributed by atoms with Crippen LogP contribution < -0.4 is 16.2 Å². The van der Waals surface area contributed by atoms with Crippen LogP contribution in [0.15, 0.2) is 36.7 Å². The van der Waals surface area contributed by atoms with E-state index in [2.05, 4.69) is 15.4 Å². The van der Waals surface area contributed by atoms with Crippen molar-refractivity contribution in [3.63, 3.8) is 0 Å². The van der Waals surface area contributed by atoms with Crippen LogP contribution in [0.5, 0.6) is 0 Å². The van der Waals surface area contributed by atoms with Gasteiger partial charge in [0.25, 0.3) is 5.91 Å². The first-order valence-corrected chi connectivity index (χ1v) is 6.33. The highest BCUT2D eigenvalue weighted by Gasteiger charge is 2.17. The number of carbonyl (C=O) groups excluding carboxylic acids is 1. The van der Waals surface area contributed by atoms with Gasteiger partial charge in [0, 0.05) is 12.2 Å². The van der Waals surface area contributed by atoms with Gasteiger partial charge in [-0.2, -0.15) is 0 Å². The number of hydrogen-bond donors (Lipinski definition) is 2. The van der Waals surface area contributed by atoms with Crippen LogP contribution in [0.3, 0.4) is 0 Å². The second kappa shape index (κ2) is 6.12. The van der Waals surface area contributed by atoms with Crippen LogP contribution in [0.1, 0.15) is 23.0 Å². The van der Waals surface area contributed by atoms with E-state index in [0.717, 1.165) is 11.3 Å². The molecule has 0 saturated heterocycles. The number of hydrogen-bond acceptors (Lipinski definition) is 5. The number of nitrogens with one attached hydrogen (secondary N) is 1. The Labute approximate surface area is 117 Å². The highest BCUT2D eigenvalue weighted by atomic mass is 16.2. The van der Waals surface area contributed by atoms with Gasteiger partial charge < -0.3 is 10.3 Å². The molecule has 0 unspecified atom stereocenters. The Morgan fingerprint density at radius 3 is 2.45 bits per heavy atom. The van der Waals surface area contributed by atoms with E-state index in [1.165, 1.54) is 12.4 Å². The molecular formula is C14H17N5O. The summed E-state index contributed by atoms with van der Waals surface area (Å²) in [6.45, 7) is 4.48. The highest BCUT2D eigenvalue weighted by Crippen LogP contribution is 2.17. The Hall–Kier alpha value is -2.47. The smallest absolute Gasteiger partial charge is 0.278 e. The number of nitrogens with zero attached hydrogens (tertiary/aromatic N) is 3. The molecule has 0 aliphatic rings. The summed E-state index contributed by atoms with van der Waals surface area (Å²) in [6, 6.07) is 7.77. The average Bonchev–Trinajstić information content (AvgIpc) is 2.50. The number of amides is 1. The van der Waals surface area contributed by atoms with E-state index >= 15 is 0 Å². The van der Waals surface area contributed by atoms with Crippen LogP contribution in [0.4, 0.5) is 11.5 Å². The number of rotatable bonds is 4. The van der Waals surface area contributed by atoms with E-state index in [0.29, 0.717) is 12.4 Å². The van der Waals surface area contributed by atoms with Gasteiger partial charge in [-0.15, -0.1) is 0 Å². The molecule has 0 saturated carbocycles. The van der Waals surface area contributed by atoms with Crippen molar-refractivity contribution >= 4 is 17.4 Å². The fourth-order valence-electron chi connectivity index (χ4n) is 1.82. The number of aryl methyl sites for hydroxylation is 1. The SMILES string of the molecule is CCN(C(=O)c1cnc(NN)cn1)c1ccc(C)cc1. The molecule has 2 rings (SSSR count). The minimum Gasteiger partial charge on any atom is -0.307 e. The fourth-order valence-corrected chi connectivity index (χ4v) is 1.82. The monoisotopic (exact) mass is 271 g/mol. The number of nitrogens with two attached hydrogens (primary N) is 1. The van der Waals surface area contributed by atoms with Crippen LogP contribution in [0, 0.1) is 6.92 Å². The van der Waals surface area contributed by atoms with Crippen LogP contribution in [-0.2, 0) is 0 Å². The van der Waals surface area contributed by atoms with Crippen molar-refractivity contribution in [2.24, 2.45) is 5.84 Å². The lowest BCUT2D eigenvalue weighted by Gasteiger charge is -2.20. The number of nitrogen functional groups attached to an aromatic ring is 1. The Balaban J connectivity index is 2.26. The molecule has 0 atom stereocenters. The molecule has 104 valence electrons. The summed E-state index contributed by atoms with van der Waals surface area (Å²) in [5, 5.41) is 0. The van der Waals surface area contributed by atoms with Gasteiger partial charge >= 0.3 is 0 Å². The predicted octanol–water partition coefficient (Wildman–Crippen LogP) is 1.74. The second-order valence-electron chi connectivity index (χ2n) is 4.32. The topological polar surface area (TPSA) is 84.1 Å². The minimum absolute atomic E-state index is 0.188. The third-order valence-electron chi connectivity index (χ3n) is 2.93. The highest BCUT2D eigenvalue weighted by molar-refractivity contribution is 6.04. The van der Waals surface area contributed by atoms with Gasteiger partial charge in [0.1, 0.15) is 5.69 Å². The normalized spacial score (nSPS) is 10.2. The van der Waals surface area contributed by atoms with E-state index in [1.54, 1.807) is 4.90 Å². The van der Waals surface area contributed by atoms with Crippen LogP contribution in [0.25, 0.3) is 0 Å². The van der Waals surface area contributed by atoms with Crippen LogP contribution in [0.2, 0.25) is 0 Å². The van der Waals surface area contributed by atoms with Crippen molar-refractivity contribution in [2.45, 2.75) is 13.8 Å². The summed E-state index contributed by atoms with van der Waals surface area (Å²) >= 11 is 0. The maximum absolute atomic E-state index is 12.4. The van der Waals surface area contributed by atoms with Gasteiger partial charge in [-0.05, 0) is 26.0 Å². The largest absolute Gasteiger partial charge is 0.307 e. The molecule has 6 nitrogen and oxygen atoms in total. The lowest BCUT2D eigenvalue weighted by atomic mass is 10.2. The van der Waals surface area contributed by atoms with Crippen LogP contribution in [-0.4, -0.2) is 22.4 Å². The molecule has 1 aromatic carbocycles. The molecule has 2 aromatic rings. The molecule has 0 aliphatic heterocycles. The Bertz CT molecular complexity index is 580. The molecule has 0 bridgehead atoms. The van der Waals surface area contributed by atoms with Gasteiger partial charge in [-0.1, -0.05) is 17.7 Å². The lowest BCUT2D eigenvalue weighted by molar-refractivity contribution is 0.0983. The average molecular weight is 271 g/mol. The zero-order valence-electron chi connectivity index (χ0n) is 11.5. The summed E-state index contributed by atoms with van der Waals surface area (Å²) in [5.74, 6) is 5.45. The quantitative estimate of drug-likeness (QED) is 0.653. The zero-order chi connectivity index (χ0) is 14.5. The van der Waals surface area contributed by atoms with E-state index in [-0.39, 0.29) is 11.6 Å². The predicted molar refractivity (Wildman–Crippen MR) is 78.4 cm³/mol. The van der Waals surface area contributed by atoms with Crippen molar-refractivity contribution in [1.29, 1.82) is 0 Å². The van der Waals surface area contributed by atoms with Gasteiger partial charge in [0.2, 0.25) is 0 Å². The summed E-state index contributed by atoms with van der Waals surface area (Å²) in [6.07, 6.45) is 2.84. The number of benzene rings is 1. The first-order valence-electron chi connectivity index (χ1n) is 6.33. The molecule has 0 aliphatic carbocycles. The van der Waals surface area contributed by atoms with Crippen LogP contribution >= 0.6 is 0 Å². The molecule has 1 heterocycles. The fraction of sp³-hybridized carbons (Fsp3) is 0.214. The summed E-state index contributed by atoms with van der Waals surface area (Å²) in [5.41, 5.74) is 4.65. The molecule has 20 heavy (non-hydrogen) atoms. The van der Waals surface area contributed by atoms with E-state index in [9.17, 15) is 4.79 Å². The summed E-state index contributed by atoms with van der Waals surface area (Å²) < 4.78 is 0. The third kappa shape index (κ3) is 2.92. The van der Waals surface area contributed by atoms with Crippen molar-refractivity contribution < 1.29 is 4.79 Å². The first-order chi connectivity index (χ1) is 9.65. The Morgan fingerprint density at radius 1 is 1.25 bits per heavy atom. The maximum Gasteiger partial charge on any atom is 0.278 e. The Morgan fingerprint density at radius 2 is 1.95 bits per heavy atom. The number of aromatic nitrogens is 2. The molecule has 0 spiro atoms. The maximum atomic E-state index is 12.4. The van der Waals surface area contributed by atoms with Crippen molar-refractivity contribution in [3.05, 3.63) is 47.9 Å². The third-order valence-corrected chi connectivity index (χ3v) is 2.93. The number of anilines is 2. The summed E-state index contributed by atoms with van der Waals surface area (Å²) in [4.78, 5) is 22.1. The molecule has 0 radical (unpaired) electrons. The molecule has 1 amide bonds. The number of hydrazine groups is 1. The number of carbonyl (C=O) groups is 1. The van der Waals surface area contributed by atoms with Gasteiger partial charge in [0.15, 0.2) is 5.82 Å². The second-order valence-corrected chi connectivity index (χ2v) is 4.32. The van der Waals surface area contributed by atoms with E-state index in [1.807, 2.05) is 38.1 Å². The molecule has 0 fully saturated rings. The van der Waals surface area contributed by atoms with E-state index < -0.39 is 0 Å². The van der Waals surface area contributed by atoms with Crippen molar-refractivity contribution in [3.8, 4) is 0 Å². The minimum atomic E-state index is -0.188. The lowest BCUT2D eigenvalue weighted by Crippen LogP contribution is -2.31. The molecular weight excluding hydrogens is 254 g/mol. The van der Waals surface area contributed by atoms with Crippen molar-refractivity contribution in [1.82, 2.24) is 9.97 Å². The zero-order valence-corrected chi connectivity index (χ0v) is 11.5. The standard InChI is InChI=1S/C14H17N5O/c1-3-19(11-6-4-10(2)5-7-11)14(20)12-8-17-13(18-15)9-16-12/h4-9H,3,15H2,1-2H3,(H,17,18). The van der Waals surface area contributed by atoms with Gasteiger partial charge in [-0.25, -0.2) is 15.8 Å². The van der Waals surface area contributed by atoms with Crippen molar-refractivity contribution in [2.75, 3.05) is 16.9 Å². The summed E-state index contributed by atoms with van der Waals surface area (Å²) in [7, 11) is 0. The van der Waals surface area contributed by atoms with Gasteiger partial charge in [0.05, 0.1) is 12.4 Å². The molecule has 3 N–H and O–H groups in total.